The second-order valence-corrected chi connectivity index (χ2v) is 8.73. The van der Waals surface area contributed by atoms with E-state index in [9.17, 15) is 4.79 Å². The van der Waals surface area contributed by atoms with Crippen LogP contribution in [0.3, 0.4) is 0 Å². The summed E-state index contributed by atoms with van der Waals surface area (Å²) in [4.78, 5) is 17.4. The standard InChI is InChI=1S/C23H32N4O2/c1-14(13-27-16(3)24-15(2)26-27)23(28)25-22-20-8-6-5-7-19(20)21(22)17-9-11-18(29-4)12-10-17/h9-12,14,19-22H,5-8,13H2,1-4H3,(H,25,28)/t14-,19-,20+,21+,22+/m1/s1. The van der Waals surface area contributed by atoms with Crippen LogP contribution < -0.4 is 10.1 Å². The van der Waals surface area contributed by atoms with Crippen LogP contribution in [0, 0.1) is 31.6 Å². The van der Waals surface area contributed by atoms with Crippen LogP contribution in [0.5, 0.6) is 5.75 Å². The summed E-state index contributed by atoms with van der Waals surface area (Å²) in [5.41, 5.74) is 1.31. The number of amides is 1. The van der Waals surface area contributed by atoms with Crippen LogP contribution in [0.15, 0.2) is 24.3 Å². The highest BCUT2D eigenvalue weighted by atomic mass is 16.5. The van der Waals surface area contributed by atoms with Crippen molar-refractivity contribution in [3.05, 3.63) is 41.5 Å². The van der Waals surface area contributed by atoms with Gasteiger partial charge in [-0.15, -0.1) is 0 Å². The van der Waals surface area contributed by atoms with E-state index in [0.29, 0.717) is 24.3 Å². The zero-order chi connectivity index (χ0) is 20.5. The van der Waals surface area contributed by atoms with Gasteiger partial charge in [0.05, 0.1) is 19.6 Å². The van der Waals surface area contributed by atoms with Gasteiger partial charge >= 0.3 is 0 Å². The number of aromatic nitrogens is 3. The van der Waals surface area contributed by atoms with E-state index in [-0.39, 0.29) is 17.9 Å². The number of rotatable bonds is 6. The molecule has 6 heteroatoms. The lowest BCUT2D eigenvalue weighted by molar-refractivity contribution is -0.128. The van der Waals surface area contributed by atoms with E-state index in [4.69, 9.17) is 4.74 Å². The normalized spacial score (nSPS) is 26.9. The Morgan fingerprint density at radius 1 is 1.21 bits per heavy atom. The van der Waals surface area contributed by atoms with Gasteiger partial charge in [0.2, 0.25) is 5.91 Å². The number of ether oxygens (including phenoxy) is 1. The molecule has 2 saturated carbocycles. The molecule has 1 aromatic heterocycles. The van der Waals surface area contributed by atoms with Gasteiger partial charge in [-0.2, -0.15) is 5.10 Å². The van der Waals surface area contributed by atoms with E-state index in [1.807, 2.05) is 37.6 Å². The van der Waals surface area contributed by atoms with Gasteiger partial charge in [-0.1, -0.05) is 31.9 Å². The molecule has 0 unspecified atom stereocenters. The molecular weight excluding hydrogens is 364 g/mol. The summed E-state index contributed by atoms with van der Waals surface area (Å²) in [6.45, 7) is 6.35. The maximum absolute atomic E-state index is 13.0. The minimum absolute atomic E-state index is 0.116. The third-order valence-electron chi connectivity index (χ3n) is 6.85. The molecule has 2 aliphatic carbocycles. The smallest absolute Gasteiger partial charge is 0.224 e. The third-order valence-corrected chi connectivity index (χ3v) is 6.85. The number of hydrogen-bond donors (Lipinski definition) is 1. The number of hydrogen-bond acceptors (Lipinski definition) is 4. The Hall–Kier alpha value is -2.37. The Morgan fingerprint density at radius 3 is 2.52 bits per heavy atom. The number of carbonyl (C=O) groups excluding carboxylic acids is 1. The second kappa shape index (κ2) is 8.17. The number of fused-ring (bicyclic) bond motifs is 1. The molecule has 0 spiro atoms. The minimum Gasteiger partial charge on any atom is -0.497 e. The van der Waals surface area contributed by atoms with E-state index in [1.165, 1.54) is 31.2 Å². The van der Waals surface area contributed by atoms with Gasteiger partial charge in [0.1, 0.15) is 17.4 Å². The summed E-state index contributed by atoms with van der Waals surface area (Å²) in [6.07, 6.45) is 5.06. The Balaban J connectivity index is 1.47. The average Bonchev–Trinajstić information content (AvgIpc) is 3.03. The molecule has 0 saturated heterocycles. The lowest BCUT2D eigenvalue weighted by Crippen LogP contribution is -2.60. The van der Waals surface area contributed by atoms with E-state index in [1.54, 1.807) is 7.11 Å². The number of aryl methyl sites for hydroxylation is 2. The highest BCUT2D eigenvalue weighted by Gasteiger charge is 2.51. The molecule has 1 amide bonds. The largest absolute Gasteiger partial charge is 0.497 e. The monoisotopic (exact) mass is 396 g/mol. The summed E-state index contributed by atoms with van der Waals surface area (Å²) >= 11 is 0. The molecule has 156 valence electrons. The van der Waals surface area contributed by atoms with Crippen molar-refractivity contribution in [2.24, 2.45) is 17.8 Å². The molecule has 5 atom stereocenters. The summed E-state index contributed by atoms with van der Waals surface area (Å²) in [5, 5.41) is 7.81. The number of carbonyl (C=O) groups is 1. The van der Waals surface area contributed by atoms with Gasteiger partial charge in [0, 0.05) is 12.0 Å². The molecule has 0 radical (unpaired) electrons. The van der Waals surface area contributed by atoms with E-state index < -0.39 is 0 Å². The molecule has 0 bridgehead atoms. The van der Waals surface area contributed by atoms with Crippen LogP contribution in [0.25, 0.3) is 0 Å². The maximum atomic E-state index is 13.0. The van der Waals surface area contributed by atoms with Crippen molar-refractivity contribution in [1.82, 2.24) is 20.1 Å². The van der Waals surface area contributed by atoms with Crippen LogP contribution >= 0.6 is 0 Å². The van der Waals surface area contributed by atoms with Crippen LogP contribution in [-0.2, 0) is 11.3 Å². The van der Waals surface area contributed by atoms with Gasteiger partial charge in [0.25, 0.3) is 0 Å². The molecule has 1 N–H and O–H groups in total. The fourth-order valence-electron chi connectivity index (χ4n) is 5.33. The SMILES string of the molecule is COc1ccc([C@H]2[C@@H]3CCCC[C@@H]3[C@@H]2NC(=O)[C@H](C)Cn2nc(C)nc2C)cc1. The summed E-state index contributed by atoms with van der Waals surface area (Å²) in [5.74, 6) is 4.13. The number of methoxy groups -OCH3 is 1. The number of nitrogens with one attached hydrogen (secondary N) is 1. The lowest BCUT2D eigenvalue weighted by atomic mass is 9.53. The summed E-state index contributed by atoms with van der Waals surface area (Å²) in [7, 11) is 1.69. The average molecular weight is 397 g/mol. The highest BCUT2D eigenvalue weighted by molar-refractivity contribution is 5.79. The topological polar surface area (TPSA) is 69.0 Å². The first-order chi connectivity index (χ1) is 14.0. The predicted octanol–water partition coefficient (Wildman–Crippen LogP) is 3.63. The van der Waals surface area contributed by atoms with Gasteiger partial charge < -0.3 is 10.1 Å². The molecule has 1 aromatic carbocycles. The minimum atomic E-state index is -0.144. The van der Waals surface area contributed by atoms with Crippen LogP contribution in [0.4, 0.5) is 0 Å². The molecule has 0 aliphatic heterocycles. The molecule has 6 nitrogen and oxygen atoms in total. The van der Waals surface area contributed by atoms with Crippen molar-refractivity contribution in [3.8, 4) is 5.75 Å². The number of benzene rings is 1. The van der Waals surface area contributed by atoms with Crippen molar-refractivity contribution in [1.29, 1.82) is 0 Å². The first-order valence-corrected chi connectivity index (χ1v) is 10.8. The van der Waals surface area contributed by atoms with Crippen molar-refractivity contribution in [2.75, 3.05) is 7.11 Å². The van der Waals surface area contributed by atoms with E-state index in [2.05, 4.69) is 27.5 Å². The lowest BCUT2D eigenvalue weighted by Gasteiger charge is -2.55. The van der Waals surface area contributed by atoms with Gasteiger partial charge in [-0.05, 0) is 56.2 Å². The van der Waals surface area contributed by atoms with Crippen LogP contribution in [0.1, 0.15) is 55.7 Å². The number of nitrogens with zero attached hydrogens (tertiary/aromatic N) is 3. The molecule has 4 rings (SSSR count). The van der Waals surface area contributed by atoms with Crippen LogP contribution in [-0.4, -0.2) is 33.8 Å². The van der Waals surface area contributed by atoms with Crippen molar-refractivity contribution < 1.29 is 9.53 Å². The van der Waals surface area contributed by atoms with Crippen molar-refractivity contribution in [3.63, 3.8) is 0 Å². The van der Waals surface area contributed by atoms with Gasteiger partial charge in [0.15, 0.2) is 0 Å². The Bertz CT molecular complexity index is 860. The molecule has 29 heavy (non-hydrogen) atoms. The first-order valence-electron chi connectivity index (χ1n) is 10.8. The fourth-order valence-corrected chi connectivity index (χ4v) is 5.33. The molecule has 2 fully saturated rings. The quantitative estimate of drug-likeness (QED) is 0.810. The summed E-state index contributed by atoms with van der Waals surface area (Å²) < 4.78 is 7.15. The summed E-state index contributed by atoms with van der Waals surface area (Å²) in [6, 6.07) is 8.62. The zero-order valence-electron chi connectivity index (χ0n) is 17.9. The maximum Gasteiger partial charge on any atom is 0.224 e. The van der Waals surface area contributed by atoms with Gasteiger partial charge in [-0.3, -0.25) is 4.79 Å². The molecule has 2 aliphatic rings. The van der Waals surface area contributed by atoms with Gasteiger partial charge in [-0.25, -0.2) is 9.67 Å². The Morgan fingerprint density at radius 2 is 1.90 bits per heavy atom. The Labute approximate surface area is 173 Å². The third kappa shape index (κ3) is 3.89. The molecule has 1 heterocycles. The molecular formula is C23H32N4O2. The Kier molecular flexibility index (Phi) is 5.61. The van der Waals surface area contributed by atoms with E-state index >= 15 is 0 Å². The van der Waals surface area contributed by atoms with Crippen molar-refractivity contribution in [2.45, 2.75) is 65.0 Å². The van der Waals surface area contributed by atoms with Crippen molar-refractivity contribution >= 4 is 5.91 Å². The molecule has 2 aromatic rings. The second-order valence-electron chi connectivity index (χ2n) is 8.73. The first kappa shape index (κ1) is 19.9. The fraction of sp³-hybridized carbons (Fsp3) is 0.609. The van der Waals surface area contributed by atoms with E-state index in [0.717, 1.165) is 17.4 Å². The predicted molar refractivity (Wildman–Crippen MR) is 112 cm³/mol. The van der Waals surface area contributed by atoms with Crippen LogP contribution in [0.2, 0.25) is 0 Å². The highest BCUT2D eigenvalue weighted by Crippen LogP contribution is 2.54. The zero-order valence-corrected chi connectivity index (χ0v) is 17.9.